The van der Waals surface area contributed by atoms with Gasteiger partial charge in [-0.1, -0.05) is 30.3 Å². The van der Waals surface area contributed by atoms with Gasteiger partial charge in [-0.3, -0.25) is 9.59 Å². The predicted molar refractivity (Wildman–Crippen MR) is 77.1 cm³/mol. The fraction of sp³-hybridized carbons (Fsp3) is 0.429. The van der Waals surface area contributed by atoms with Crippen LogP contribution in [0.4, 0.5) is 0 Å². The largest absolute Gasteiger partial charge is 0.481 e. The Bertz CT molecular complexity index is 408. The van der Waals surface area contributed by atoms with Gasteiger partial charge in [-0.25, -0.2) is 0 Å². The van der Waals surface area contributed by atoms with Crippen LogP contribution >= 0.6 is 11.8 Å². The van der Waals surface area contributed by atoms with Crippen molar-refractivity contribution in [3.8, 4) is 0 Å². The SMILES string of the molecule is CCN(Cc1ccccc1)C(=O)CSCCC(=O)O. The smallest absolute Gasteiger partial charge is 0.304 e. The van der Waals surface area contributed by atoms with E-state index in [1.165, 1.54) is 11.8 Å². The molecule has 1 N–H and O–H groups in total. The Balaban J connectivity index is 2.37. The lowest BCUT2D eigenvalue weighted by Gasteiger charge is -2.20. The van der Waals surface area contributed by atoms with E-state index >= 15 is 0 Å². The van der Waals surface area contributed by atoms with Gasteiger partial charge in [-0.2, -0.15) is 11.8 Å². The van der Waals surface area contributed by atoms with E-state index in [1.54, 1.807) is 4.90 Å². The van der Waals surface area contributed by atoms with Gasteiger partial charge in [0.05, 0.1) is 12.2 Å². The highest BCUT2D eigenvalue weighted by atomic mass is 32.2. The highest BCUT2D eigenvalue weighted by Crippen LogP contribution is 2.09. The van der Waals surface area contributed by atoms with Crippen LogP contribution in [0.25, 0.3) is 0 Å². The van der Waals surface area contributed by atoms with Crippen LogP contribution < -0.4 is 0 Å². The molecule has 0 atom stereocenters. The number of carboxylic acids is 1. The number of hydrogen-bond acceptors (Lipinski definition) is 3. The van der Waals surface area contributed by atoms with E-state index in [9.17, 15) is 9.59 Å². The summed E-state index contributed by atoms with van der Waals surface area (Å²) in [5.74, 6) is 0.0519. The second kappa shape index (κ2) is 8.58. The molecule has 4 nitrogen and oxygen atoms in total. The van der Waals surface area contributed by atoms with Crippen LogP contribution in [0, 0.1) is 0 Å². The molecule has 104 valence electrons. The highest BCUT2D eigenvalue weighted by molar-refractivity contribution is 7.99. The zero-order valence-electron chi connectivity index (χ0n) is 11.0. The number of rotatable bonds is 8. The van der Waals surface area contributed by atoms with Crippen LogP contribution in [0.5, 0.6) is 0 Å². The molecule has 0 aliphatic heterocycles. The van der Waals surface area contributed by atoms with Gasteiger partial charge in [0.1, 0.15) is 0 Å². The first-order valence-electron chi connectivity index (χ1n) is 6.24. The molecule has 5 heteroatoms. The first-order valence-corrected chi connectivity index (χ1v) is 7.40. The van der Waals surface area contributed by atoms with Crippen LogP contribution in [-0.2, 0) is 16.1 Å². The van der Waals surface area contributed by atoms with E-state index in [-0.39, 0.29) is 12.3 Å². The molecule has 1 aromatic rings. The Morgan fingerprint density at radius 1 is 1.26 bits per heavy atom. The maximum Gasteiger partial charge on any atom is 0.304 e. The molecule has 1 rings (SSSR count). The Morgan fingerprint density at radius 3 is 2.53 bits per heavy atom. The van der Waals surface area contributed by atoms with Crippen molar-refractivity contribution in [1.82, 2.24) is 4.90 Å². The van der Waals surface area contributed by atoms with E-state index in [1.807, 2.05) is 37.3 Å². The van der Waals surface area contributed by atoms with Crippen LogP contribution in [0.15, 0.2) is 30.3 Å². The average molecular weight is 281 g/mol. The van der Waals surface area contributed by atoms with Crippen LogP contribution in [-0.4, -0.2) is 39.9 Å². The molecule has 19 heavy (non-hydrogen) atoms. The molecule has 0 unspecified atom stereocenters. The van der Waals surface area contributed by atoms with Crippen molar-refractivity contribution >= 4 is 23.6 Å². The molecule has 0 heterocycles. The maximum atomic E-state index is 12.0. The molecule has 1 aromatic carbocycles. The van der Waals surface area contributed by atoms with E-state index in [4.69, 9.17) is 5.11 Å². The van der Waals surface area contributed by atoms with Crippen LogP contribution in [0.3, 0.4) is 0 Å². The number of carbonyl (C=O) groups excluding carboxylic acids is 1. The lowest BCUT2D eigenvalue weighted by atomic mass is 10.2. The molecule has 0 spiro atoms. The number of benzene rings is 1. The number of carboxylic acid groups (broad SMARTS) is 1. The van der Waals surface area contributed by atoms with Gasteiger partial charge in [-0.15, -0.1) is 0 Å². The summed E-state index contributed by atoms with van der Waals surface area (Å²) < 4.78 is 0. The molecule has 0 saturated heterocycles. The quantitative estimate of drug-likeness (QED) is 0.742. The highest BCUT2D eigenvalue weighted by Gasteiger charge is 2.12. The molecule has 0 aromatic heterocycles. The van der Waals surface area contributed by atoms with Gasteiger partial charge in [-0.05, 0) is 12.5 Å². The van der Waals surface area contributed by atoms with Crippen molar-refractivity contribution in [1.29, 1.82) is 0 Å². The third-order valence-electron chi connectivity index (χ3n) is 2.64. The summed E-state index contributed by atoms with van der Waals surface area (Å²) >= 11 is 1.37. The van der Waals surface area contributed by atoms with Gasteiger partial charge in [0.15, 0.2) is 0 Å². The van der Waals surface area contributed by atoms with Gasteiger partial charge < -0.3 is 10.0 Å². The summed E-state index contributed by atoms with van der Waals surface area (Å²) in [7, 11) is 0. The Labute approximate surface area is 117 Å². The van der Waals surface area contributed by atoms with E-state index in [2.05, 4.69) is 0 Å². The van der Waals surface area contributed by atoms with Gasteiger partial charge in [0.25, 0.3) is 0 Å². The molecule has 0 bridgehead atoms. The van der Waals surface area contributed by atoms with Crippen molar-refractivity contribution in [2.24, 2.45) is 0 Å². The second-order valence-corrected chi connectivity index (χ2v) is 5.20. The summed E-state index contributed by atoms with van der Waals surface area (Å²) in [5.41, 5.74) is 1.10. The number of carbonyl (C=O) groups is 2. The summed E-state index contributed by atoms with van der Waals surface area (Å²) in [6.45, 7) is 3.21. The zero-order valence-corrected chi connectivity index (χ0v) is 11.9. The minimum atomic E-state index is -0.823. The summed E-state index contributed by atoms with van der Waals surface area (Å²) in [5, 5.41) is 8.52. The van der Waals surface area contributed by atoms with Crippen molar-refractivity contribution in [2.75, 3.05) is 18.1 Å². The minimum absolute atomic E-state index is 0.0572. The minimum Gasteiger partial charge on any atom is -0.481 e. The van der Waals surface area contributed by atoms with Crippen molar-refractivity contribution in [2.45, 2.75) is 19.9 Å². The lowest BCUT2D eigenvalue weighted by molar-refractivity contribution is -0.136. The average Bonchev–Trinajstić information content (AvgIpc) is 2.41. The van der Waals surface area contributed by atoms with E-state index in [0.717, 1.165) is 5.56 Å². The molecular weight excluding hydrogens is 262 g/mol. The Morgan fingerprint density at radius 2 is 1.95 bits per heavy atom. The monoisotopic (exact) mass is 281 g/mol. The Hall–Kier alpha value is -1.49. The normalized spacial score (nSPS) is 10.2. The van der Waals surface area contributed by atoms with E-state index < -0.39 is 5.97 Å². The van der Waals surface area contributed by atoms with Crippen molar-refractivity contribution < 1.29 is 14.7 Å². The van der Waals surface area contributed by atoms with Gasteiger partial charge >= 0.3 is 5.97 Å². The molecule has 0 aliphatic rings. The number of amides is 1. The fourth-order valence-electron chi connectivity index (χ4n) is 1.59. The number of thioether (sulfide) groups is 1. The van der Waals surface area contributed by atoms with Gasteiger partial charge in [0, 0.05) is 18.8 Å². The third kappa shape index (κ3) is 6.29. The van der Waals surface area contributed by atoms with Crippen LogP contribution in [0.1, 0.15) is 18.9 Å². The molecular formula is C14H19NO3S. The number of hydrogen-bond donors (Lipinski definition) is 1. The molecule has 0 radical (unpaired) electrons. The van der Waals surface area contributed by atoms with E-state index in [0.29, 0.717) is 24.6 Å². The standard InChI is InChI=1S/C14H19NO3S/c1-2-15(10-12-6-4-3-5-7-12)13(16)11-19-9-8-14(17)18/h3-7H,2,8-11H2,1H3,(H,17,18). The third-order valence-corrected chi connectivity index (χ3v) is 3.58. The summed E-state index contributed by atoms with van der Waals surface area (Å²) in [6, 6.07) is 9.84. The molecule has 0 aliphatic carbocycles. The zero-order chi connectivity index (χ0) is 14.1. The first kappa shape index (κ1) is 15.6. The Kier molecular flexibility index (Phi) is 7.03. The number of aliphatic carboxylic acids is 1. The number of nitrogens with zero attached hydrogens (tertiary/aromatic N) is 1. The molecule has 0 saturated carbocycles. The maximum absolute atomic E-state index is 12.0. The second-order valence-electron chi connectivity index (χ2n) is 4.09. The first-order chi connectivity index (χ1) is 9.13. The lowest BCUT2D eigenvalue weighted by Crippen LogP contribution is -2.31. The molecule has 0 fully saturated rings. The summed E-state index contributed by atoms with van der Waals surface area (Å²) in [4.78, 5) is 24.1. The van der Waals surface area contributed by atoms with Crippen molar-refractivity contribution in [3.63, 3.8) is 0 Å². The van der Waals surface area contributed by atoms with Crippen LogP contribution in [0.2, 0.25) is 0 Å². The fourth-order valence-corrected chi connectivity index (χ4v) is 2.41. The molecule has 1 amide bonds. The summed E-state index contributed by atoms with van der Waals surface area (Å²) in [6.07, 6.45) is 0.1000. The van der Waals surface area contributed by atoms with Crippen molar-refractivity contribution in [3.05, 3.63) is 35.9 Å². The predicted octanol–water partition coefficient (Wildman–Crippen LogP) is 2.24. The topological polar surface area (TPSA) is 57.6 Å². The van der Waals surface area contributed by atoms with Gasteiger partial charge in [0.2, 0.25) is 5.91 Å².